The second-order valence-corrected chi connectivity index (χ2v) is 5.04. The van der Waals surface area contributed by atoms with E-state index in [2.05, 4.69) is 4.90 Å². The molecule has 0 aromatic heterocycles. The van der Waals surface area contributed by atoms with E-state index in [0.29, 0.717) is 13.2 Å². The van der Waals surface area contributed by atoms with Gasteiger partial charge < -0.3 is 24.2 Å². The molecule has 1 fully saturated rings. The number of methoxy groups -OCH3 is 2. The fourth-order valence-corrected chi connectivity index (χ4v) is 2.31. The van der Waals surface area contributed by atoms with E-state index in [1.807, 2.05) is 25.2 Å². The second kappa shape index (κ2) is 5.67. The summed E-state index contributed by atoms with van der Waals surface area (Å²) in [5.41, 5.74) is 0.822. The second-order valence-electron chi connectivity index (χ2n) is 5.04. The quantitative estimate of drug-likeness (QED) is 0.838. The first-order valence-corrected chi connectivity index (χ1v) is 6.26. The van der Waals surface area contributed by atoms with Crippen molar-refractivity contribution in [3.05, 3.63) is 18.2 Å². The zero-order valence-electron chi connectivity index (χ0n) is 11.7. The highest BCUT2D eigenvalue weighted by Gasteiger charge is 2.39. The molecule has 1 aromatic carbocycles. The van der Waals surface area contributed by atoms with E-state index >= 15 is 0 Å². The third-order valence-electron chi connectivity index (χ3n) is 3.52. The van der Waals surface area contributed by atoms with Crippen LogP contribution in [0.15, 0.2) is 18.2 Å². The van der Waals surface area contributed by atoms with Crippen molar-refractivity contribution in [2.45, 2.75) is 0 Å². The summed E-state index contributed by atoms with van der Waals surface area (Å²) in [5, 5.41) is 9.48. The lowest BCUT2D eigenvalue weighted by molar-refractivity contribution is -0.130. The van der Waals surface area contributed by atoms with Crippen LogP contribution in [-0.2, 0) is 4.74 Å². The Morgan fingerprint density at radius 1 is 1.32 bits per heavy atom. The van der Waals surface area contributed by atoms with Crippen LogP contribution in [0, 0.1) is 5.41 Å². The average molecular weight is 267 g/mol. The maximum Gasteiger partial charge on any atom is 0.145 e. The first-order valence-electron chi connectivity index (χ1n) is 6.26. The van der Waals surface area contributed by atoms with Gasteiger partial charge in [-0.3, -0.25) is 0 Å². The van der Waals surface area contributed by atoms with Crippen molar-refractivity contribution < 1.29 is 19.3 Å². The van der Waals surface area contributed by atoms with Gasteiger partial charge in [-0.2, -0.15) is 0 Å². The molecule has 0 aliphatic carbocycles. The molecule has 1 aromatic rings. The molecule has 0 radical (unpaired) electrons. The molecule has 1 N–H and O–H groups in total. The fraction of sp³-hybridized carbons (Fsp3) is 0.571. The Kier molecular flexibility index (Phi) is 4.17. The van der Waals surface area contributed by atoms with Gasteiger partial charge in [-0.1, -0.05) is 0 Å². The van der Waals surface area contributed by atoms with E-state index in [1.165, 1.54) is 0 Å². The number of benzene rings is 1. The summed E-state index contributed by atoms with van der Waals surface area (Å²) in [6.45, 7) is 2.07. The van der Waals surface area contributed by atoms with Crippen LogP contribution in [-0.4, -0.2) is 52.7 Å². The highest BCUT2D eigenvalue weighted by Crippen LogP contribution is 2.35. The van der Waals surface area contributed by atoms with Crippen molar-refractivity contribution in [2.24, 2.45) is 5.41 Å². The number of hydrogen-bond acceptors (Lipinski definition) is 5. The molecule has 0 unspecified atom stereocenters. The van der Waals surface area contributed by atoms with Crippen molar-refractivity contribution in [2.75, 3.05) is 52.5 Å². The Balaban J connectivity index is 2.16. The SMILES string of the molecule is COc1ccc(N(C)CC2(CO)COC2)c(OC)c1. The molecular formula is C14H21NO4. The van der Waals surface area contributed by atoms with E-state index < -0.39 is 0 Å². The van der Waals surface area contributed by atoms with Gasteiger partial charge in [-0.25, -0.2) is 0 Å². The summed E-state index contributed by atoms with van der Waals surface area (Å²) in [6, 6.07) is 5.72. The van der Waals surface area contributed by atoms with Gasteiger partial charge in [0.05, 0.1) is 45.1 Å². The van der Waals surface area contributed by atoms with Crippen LogP contribution in [0.3, 0.4) is 0 Å². The lowest BCUT2D eigenvalue weighted by Crippen LogP contribution is -2.52. The maximum atomic E-state index is 9.48. The minimum atomic E-state index is -0.153. The Hall–Kier alpha value is -1.46. The van der Waals surface area contributed by atoms with Gasteiger partial charge in [0.15, 0.2) is 0 Å². The van der Waals surface area contributed by atoms with Gasteiger partial charge in [0.1, 0.15) is 11.5 Å². The van der Waals surface area contributed by atoms with Crippen LogP contribution in [0.1, 0.15) is 0 Å². The number of anilines is 1. The zero-order valence-corrected chi connectivity index (χ0v) is 11.7. The highest BCUT2D eigenvalue weighted by molar-refractivity contribution is 5.60. The smallest absolute Gasteiger partial charge is 0.145 e. The molecule has 1 aliphatic rings. The molecule has 5 nitrogen and oxygen atoms in total. The highest BCUT2D eigenvalue weighted by atomic mass is 16.5. The number of ether oxygens (including phenoxy) is 3. The van der Waals surface area contributed by atoms with Crippen LogP contribution in [0.5, 0.6) is 11.5 Å². The van der Waals surface area contributed by atoms with Crippen molar-refractivity contribution in [3.8, 4) is 11.5 Å². The van der Waals surface area contributed by atoms with Crippen LogP contribution < -0.4 is 14.4 Å². The molecule has 1 saturated heterocycles. The molecular weight excluding hydrogens is 246 g/mol. The van der Waals surface area contributed by atoms with Crippen LogP contribution in [0.25, 0.3) is 0 Å². The minimum Gasteiger partial charge on any atom is -0.497 e. The Bertz CT molecular complexity index is 426. The van der Waals surface area contributed by atoms with E-state index in [-0.39, 0.29) is 12.0 Å². The first-order chi connectivity index (χ1) is 9.14. The zero-order chi connectivity index (χ0) is 13.9. The molecule has 2 rings (SSSR count). The molecule has 0 bridgehead atoms. The Morgan fingerprint density at radius 2 is 2.05 bits per heavy atom. The minimum absolute atomic E-state index is 0.135. The number of rotatable bonds is 6. The summed E-state index contributed by atoms with van der Waals surface area (Å²) in [7, 11) is 5.26. The molecule has 1 aliphatic heterocycles. The van der Waals surface area contributed by atoms with E-state index in [4.69, 9.17) is 14.2 Å². The van der Waals surface area contributed by atoms with Gasteiger partial charge in [-0.05, 0) is 12.1 Å². The van der Waals surface area contributed by atoms with Gasteiger partial charge in [-0.15, -0.1) is 0 Å². The Morgan fingerprint density at radius 3 is 2.53 bits per heavy atom. The van der Waals surface area contributed by atoms with Crippen molar-refractivity contribution in [1.29, 1.82) is 0 Å². The normalized spacial score (nSPS) is 16.6. The number of nitrogens with zero attached hydrogens (tertiary/aromatic N) is 1. The summed E-state index contributed by atoms with van der Waals surface area (Å²) in [6.07, 6.45) is 0. The molecule has 0 saturated carbocycles. The largest absolute Gasteiger partial charge is 0.497 e. The van der Waals surface area contributed by atoms with Crippen LogP contribution >= 0.6 is 0 Å². The lowest BCUT2D eigenvalue weighted by atomic mass is 9.86. The summed E-state index contributed by atoms with van der Waals surface area (Å²) < 4.78 is 15.8. The summed E-state index contributed by atoms with van der Waals surface area (Å²) in [5.74, 6) is 1.52. The molecule has 0 atom stereocenters. The molecule has 19 heavy (non-hydrogen) atoms. The summed E-state index contributed by atoms with van der Waals surface area (Å²) in [4.78, 5) is 2.08. The van der Waals surface area contributed by atoms with Crippen molar-refractivity contribution >= 4 is 5.69 Å². The van der Waals surface area contributed by atoms with Crippen molar-refractivity contribution in [3.63, 3.8) is 0 Å². The van der Waals surface area contributed by atoms with Gasteiger partial charge in [0.2, 0.25) is 0 Å². The van der Waals surface area contributed by atoms with Gasteiger partial charge in [0.25, 0.3) is 0 Å². The number of aliphatic hydroxyl groups is 1. The van der Waals surface area contributed by atoms with E-state index in [9.17, 15) is 5.11 Å². The Labute approximate surface area is 113 Å². The molecule has 5 heteroatoms. The van der Waals surface area contributed by atoms with Gasteiger partial charge >= 0.3 is 0 Å². The first kappa shape index (κ1) is 14.0. The molecule has 0 amide bonds. The monoisotopic (exact) mass is 267 g/mol. The third kappa shape index (κ3) is 2.77. The van der Waals surface area contributed by atoms with E-state index in [0.717, 1.165) is 23.7 Å². The van der Waals surface area contributed by atoms with Crippen LogP contribution in [0.2, 0.25) is 0 Å². The molecule has 0 spiro atoms. The standard InChI is InChI=1S/C14H21NO4/c1-15(7-14(8-16)9-19-10-14)12-5-4-11(17-2)6-13(12)18-3/h4-6,16H,7-10H2,1-3H3. The van der Waals surface area contributed by atoms with Crippen molar-refractivity contribution in [1.82, 2.24) is 0 Å². The predicted molar refractivity (Wildman–Crippen MR) is 73.2 cm³/mol. The average Bonchev–Trinajstić information content (AvgIpc) is 2.41. The fourth-order valence-electron chi connectivity index (χ4n) is 2.31. The predicted octanol–water partition coefficient (Wildman–Crippen LogP) is 1.15. The van der Waals surface area contributed by atoms with E-state index in [1.54, 1.807) is 14.2 Å². The lowest BCUT2D eigenvalue weighted by Gasteiger charge is -2.43. The summed E-state index contributed by atoms with van der Waals surface area (Å²) >= 11 is 0. The number of hydrogen-bond donors (Lipinski definition) is 1. The van der Waals surface area contributed by atoms with Gasteiger partial charge in [0, 0.05) is 19.7 Å². The molecule has 1 heterocycles. The third-order valence-corrected chi connectivity index (χ3v) is 3.52. The maximum absolute atomic E-state index is 9.48. The topological polar surface area (TPSA) is 51.2 Å². The number of aliphatic hydroxyl groups excluding tert-OH is 1. The van der Waals surface area contributed by atoms with Crippen LogP contribution in [0.4, 0.5) is 5.69 Å². The molecule has 106 valence electrons.